The van der Waals surface area contributed by atoms with Crippen LogP contribution in [0.25, 0.3) is 16.9 Å². The molecule has 0 aliphatic heterocycles. The maximum Gasteiger partial charge on any atom is 0.300 e. The van der Waals surface area contributed by atoms with Crippen LogP contribution in [-0.4, -0.2) is 29.5 Å². The molecule has 0 aliphatic rings. The van der Waals surface area contributed by atoms with Gasteiger partial charge in [0.25, 0.3) is 5.78 Å². The normalized spacial score (nSPS) is 11.6. The highest BCUT2D eigenvalue weighted by molar-refractivity contribution is 5.70. The third-order valence-corrected chi connectivity index (χ3v) is 2.41. The smallest absolute Gasteiger partial charge is 0.300 e. The maximum atomic E-state index is 11.6. The largest absolute Gasteiger partial charge is 0.339 e. The summed E-state index contributed by atoms with van der Waals surface area (Å²) in [6, 6.07) is 0. The first-order valence-electron chi connectivity index (χ1n) is 5.10. The van der Waals surface area contributed by atoms with E-state index in [2.05, 4.69) is 32.0 Å². The highest BCUT2D eigenvalue weighted by Gasteiger charge is 2.10. The molecule has 0 bridgehead atoms. The number of rotatable bonds is 2. The zero-order chi connectivity index (χ0) is 11.1. The lowest BCUT2D eigenvalue weighted by molar-refractivity contribution is 0.824. The van der Waals surface area contributed by atoms with E-state index in [0.717, 1.165) is 18.7 Å². The zero-order valence-corrected chi connectivity index (χ0v) is 8.69. The van der Waals surface area contributed by atoms with E-state index < -0.39 is 0 Å². The fourth-order valence-electron chi connectivity index (χ4n) is 1.71. The maximum absolute atomic E-state index is 11.6. The topological polar surface area (TPSA) is 91.7 Å². The predicted octanol–water partition coefficient (Wildman–Crippen LogP) is 0.246. The van der Waals surface area contributed by atoms with Gasteiger partial charge in [0.1, 0.15) is 5.82 Å². The lowest BCUT2D eigenvalue weighted by Gasteiger charge is -1.91. The summed E-state index contributed by atoms with van der Waals surface area (Å²) in [5.41, 5.74) is 0.594. The van der Waals surface area contributed by atoms with Gasteiger partial charge in [-0.05, 0) is 6.42 Å². The van der Waals surface area contributed by atoms with Crippen molar-refractivity contribution in [1.29, 1.82) is 0 Å². The van der Waals surface area contributed by atoms with E-state index in [1.807, 2.05) is 0 Å². The van der Waals surface area contributed by atoms with Gasteiger partial charge in [0, 0.05) is 6.42 Å². The third kappa shape index (κ3) is 1.14. The van der Waals surface area contributed by atoms with E-state index in [1.165, 1.54) is 6.33 Å². The Labute approximate surface area is 89.5 Å². The Balaban J connectivity index is 2.40. The molecule has 0 aromatic carbocycles. The molecule has 16 heavy (non-hydrogen) atoms. The van der Waals surface area contributed by atoms with Gasteiger partial charge in [-0.2, -0.15) is 14.5 Å². The molecular weight excluding hydrogens is 208 g/mol. The second-order valence-corrected chi connectivity index (χ2v) is 3.57. The number of fused-ring (bicyclic) bond motifs is 3. The van der Waals surface area contributed by atoms with Crippen molar-refractivity contribution in [2.75, 3.05) is 0 Å². The van der Waals surface area contributed by atoms with Crippen molar-refractivity contribution in [3.05, 3.63) is 22.5 Å². The van der Waals surface area contributed by atoms with Crippen LogP contribution < -0.4 is 5.56 Å². The average molecular weight is 218 g/mol. The van der Waals surface area contributed by atoms with Crippen molar-refractivity contribution in [1.82, 2.24) is 29.5 Å². The quantitative estimate of drug-likeness (QED) is 0.644. The van der Waals surface area contributed by atoms with Gasteiger partial charge in [0.2, 0.25) is 0 Å². The fraction of sp³-hybridized carbons (Fsp3) is 0.333. The lowest BCUT2D eigenvalue weighted by atomic mass is 10.3. The van der Waals surface area contributed by atoms with E-state index in [-0.39, 0.29) is 5.56 Å². The van der Waals surface area contributed by atoms with Crippen molar-refractivity contribution < 1.29 is 0 Å². The summed E-state index contributed by atoms with van der Waals surface area (Å²) in [6.45, 7) is 2.06. The zero-order valence-electron chi connectivity index (χ0n) is 8.69. The van der Waals surface area contributed by atoms with Crippen LogP contribution in [0.1, 0.15) is 19.2 Å². The summed E-state index contributed by atoms with van der Waals surface area (Å²) in [5, 5.41) is 3.07. The van der Waals surface area contributed by atoms with Crippen molar-refractivity contribution in [2.45, 2.75) is 19.8 Å². The van der Waals surface area contributed by atoms with Crippen LogP contribution in [0.3, 0.4) is 0 Å². The number of aryl methyl sites for hydroxylation is 1. The number of aromatic amines is 2. The SMILES string of the molecule is CCCc1nc2nc(=O)c3[nH]cnc3n2[nH]1. The Kier molecular flexibility index (Phi) is 1.79. The van der Waals surface area contributed by atoms with Crippen molar-refractivity contribution in [3.63, 3.8) is 0 Å². The Morgan fingerprint density at radius 2 is 2.31 bits per heavy atom. The standard InChI is InChI=1S/C9H10N6O/c1-2-3-5-12-9-13-8(16)6-7(11-4-10-6)15(9)14-5/h4H,2-3H2,1H3,(H,10,11)(H,12,13,14,16). The summed E-state index contributed by atoms with van der Waals surface area (Å²) in [4.78, 5) is 26.5. The van der Waals surface area contributed by atoms with Crippen molar-refractivity contribution in [3.8, 4) is 0 Å². The monoisotopic (exact) mass is 218 g/mol. The highest BCUT2D eigenvalue weighted by Crippen LogP contribution is 2.06. The molecule has 3 aromatic rings. The average Bonchev–Trinajstić information content (AvgIpc) is 2.83. The fourth-order valence-corrected chi connectivity index (χ4v) is 1.71. The summed E-state index contributed by atoms with van der Waals surface area (Å²) in [5.74, 6) is 1.18. The number of H-pyrrole nitrogens is 2. The van der Waals surface area contributed by atoms with E-state index in [0.29, 0.717) is 16.9 Å². The molecule has 0 saturated heterocycles. The van der Waals surface area contributed by atoms with E-state index in [1.54, 1.807) is 4.52 Å². The van der Waals surface area contributed by atoms with Crippen LogP contribution in [0.5, 0.6) is 0 Å². The molecule has 7 nitrogen and oxygen atoms in total. The molecule has 0 saturated carbocycles. The van der Waals surface area contributed by atoms with Gasteiger partial charge in [0.15, 0.2) is 11.2 Å². The van der Waals surface area contributed by atoms with E-state index in [4.69, 9.17) is 0 Å². The molecule has 0 spiro atoms. The number of nitrogens with zero attached hydrogens (tertiary/aromatic N) is 4. The van der Waals surface area contributed by atoms with Crippen LogP contribution in [0.4, 0.5) is 0 Å². The van der Waals surface area contributed by atoms with Gasteiger partial charge in [-0.25, -0.2) is 4.98 Å². The number of imidazole rings is 1. The summed E-state index contributed by atoms with van der Waals surface area (Å²) in [7, 11) is 0. The highest BCUT2D eigenvalue weighted by atomic mass is 16.1. The Morgan fingerprint density at radius 3 is 3.12 bits per heavy atom. The predicted molar refractivity (Wildman–Crippen MR) is 57.3 cm³/mol. The first kappa shape index (κ1) is 9.08. The summed E-state index contributed by atoms with van der Waals surface area (Å²) < 4.78 is 1.62. The van der Waals surface area contributed by atoms with Crippen LogP contribution in [-0.2, 0) is 6.42 Å². The van der Waals surface area contributed by atoms with Gasteiger partial charge in [-0.3, -0.25) is 9.89 Å². The van der Waals surface area contributed by atoms with Gasteiger partial charge >= 0.3 is 5.56 Å². The van der Waals surface area contributed by atoms with Crippen LogP contribution in [0.15, 0.2) is 11.1 Å². The van der Waals surface area contributed by atoms with Crippen LogP contribution in [0, 0.1) is 0 Å². The van der Waals surface area contributed by atoms with E-state index >= 15 is 0 Å². The third-order valence-electron chi connectivity index (χ3n) is 2.41. The minimum absolute atomic E-state index is 0.331. The van der Waals surface area contributed by atoms with Gasteiger partial charge in [0.05, 0.1) is 6.33 Å². The number of nitrogens with one attached hydrogen (secondary N) is 2. The molecule has 2 N–H and O–H groups in total. The molecule has 0 fully saturated rings. The Hall–Kier alpha value is -2.18. The van der Waals surface area contributed by atoms with Gasteiger partial charge in [-0.1, -0.05) is 6.92 Å². The molecule has 7 heteroatoms. The Bertz CT molecular complexity index is 705. The van der Waals surface area contributed by atoms with Crippen molar-refractivity contribution >= 4 is 16.9 Å². The molecule has 0 atom stereocenters. The number of hydrogen-bond donors (Lipinski definition) is 2. The first-order chi connectivity index (χ1) is 7.79. The van der Waals surface area contributed by atoms with Gasteiger partial charge < -0.3 is 4.98 Å². The van der Waals surface area contributed by atoms with Crippen molar-refractivity contribution in [2.24, 2.45) is 0 Å². The number of hydrogen-bond acceptors (Lipinski definition) is 4. The molecule has 0 amide bonds. The van der Waals surface area contributed by atoms with Crippen LogP contribution >= 0.6 is 0 Å². The number of aromatic nitrogens is 6. The second kappa shape index (κ2) is 3.16. The lowest BCUT2D eigenvalue weighted by Crippen LogP contribution is -2.10. The second-order valence-electron chi connectivity index (χ2n) is 3.57. The minimum atomic E-state index is -0.331. The summed E-state index contributed by atoms with van der Waals surface area (Å²) in [6.07, 6.45) is 3.28. The first-order valence-corrected chi connectivity index (χ1v) is 5.10. The molecular formula is C9H10N6O. The molecule has 0 unspecified atom stereocenters. The minimum Gasteiger partial charge on any atom is -0.339 e. The molecule has 82 valence electrons. The van der Waals surface area contributed by atoms with Crippen LogP contribution in [0.2, 0.25) is 0 Å². The summed E-state index contributed by atoms with van der Waals surface area (Å²) >= 11 is 0. The molecule has 3 heterocycles. The molecule has 3 aromatic heterocycles. The molecule has 0 radical (unpaired) electrons. The molecule has 3 rings (SSSR count). The Morgan fingerprint density at radius 1 is 1.44 bits per heavy atom. The van der Waals surface area contributed by atoms with Gasteiger partial charge in [-0.15, -0.1) is 0 Å². The molecule has 0 aliphatic carbocycles. The van der Waals surface area contributed by atoms with E-state index in [9.17, 15) is 4.79 Å².